The lowest BCUT2D eigenvalue weighted by molar-refractivity contribution is -0.147. The lowest BCUT2D eigenvalue weighted by Gasteiger charge is -2.43. The monoisotopic (exact) mass is 454 g/mol. The summed E-state index contributed by atoms with van der Waals surface area (Å²) in [5.41, 5.74) is 0. The molecule has 2 aromatic rings. The molecule has 0 aliphatic carbocycles. The third-order valence-corrected chi connectivity index (χ3v) is 11.5. The van der Waals surface area contributed by atoms with E-state index in [-0.39, 0.29) is 17.1 Å². The van der Waals surface area contributed by atoms with E-state index in [0.29, 0.717) is 11.8 Å². The van der Waals surface area contributed by atoms with Crippen molar-refractivity contribution < 1.29 is 14.0 Å². The van der Waals surface area contributed by atoms with Gasteiger partial charge in [0.2, 0.25) is 0 Å². The Morgan fingerprint density at radius 1 is 0.875 bits per heavy atom. The Balaban J connectivity index is 2.12. The molecule has 0 aromatic heterocycles. The Labute approximate surface area is 196 Å². The number of hydrogen-bond donors (Lipinski definition) is 0. The fraction of sp³-hybridized carbons (Fsp3) is 0.536. The van der Waals surface area contributed by atoms with Crippen LogP contribution in [0.3, 0.4) is 0 Å². The first-order chi connectivity index (χ1) is 15.1. The molecule has 0 N–H and O–H groups in total. The molecule has 32 heavy (non-hydrogen) atoms. The van der Waals surface area contributed by atoms with Crippen LogP contribution in [-0.2, 0) is 14.0 Å². The maximum Gasteiger partial charge on any atom is 0.302 e. The van der Waals surface area contributed by atoms with Crippen LogP contribution in [0.5, 0.6) is 0 Å². The van der Waals surface area contributed by atoms with Crippen LogP contribution in [0.25, 0.3) is 0 Å². The van der Waals surface area contributed by atoms with Crippen LogP contribution >= 0.6 is 0 Å². The van der Waals surface area contributed by atoms with Crippen LogP contribution in [0.4, 0.5) is 0 Å². The Hall–Kier alpha value is -1.91. The summed E-state index contributed by atoms with van der Waals surface area (Å²) in [6.45, 7) is 15.6. The highest BCUT2D eigenvalue weighted by Gasteiger charge is 2.50. The molecule has 0 bridgehead atoms. The smallest absolute Gasteiger partial charge is 0.302 e. The average Bonchev–Trinajstić information content (AvgIpc) is 2.74. The van der Waals surface area contributed by atoms with E-state index in [0.717, 1.165) is 25.9 Å². The average molecular weight is 455 g/mol. The van der Waals surface area contributed by atoms with Crippen LogP contribution in [0.15, 0.2) is 60.7 Å². The second-order valence-corrected chi connectivity index (χ2v) is 14.6. The van der Waals surface area contributed by atoms with Gasteiger partial charge in [-0.3, -0.25) is 4.79 Å². The Morgan fingerprint density at radius 3 is 1.81 bits per heavy atom. The molecule has 0 radical (unpaired) electrons. The molecular weight excluding hydrogens is 412 g/mol. The lowest BCUT2D eigenvalue weighted by Crippen LogP contribution is -2.66. The Kier molecular flexibility index (Phi) is 9.72. The Morgan fingerprint density at radius 2 is 1.38 bits per heavy atom. The molecule has 3 nitrogen and oxygen atoms in total. The van der Waals surface area contributed by atoms with Gasteiger partial charge in [-0.1, -0.05) is 102 Å². The summed E-state index contributed by atoms with van der Waals surface area (Å²) in [7, 11) is -2.47. The van der Waals surface area contributed by atoms with Crippen LogP contribution in [-0.4, -0.2) is 27.0 Å². The maximum atomic E-state index is 11.2. The highest BCUT2D eigenvalue weighted by Crippen LogP contribution is 2.37. The van der Waals surface area contributed by atoms with Gasteiger partial charge >= 0.3 is 5.97 Å². The van der Waals surface area contributed by atoms with Gasteiger partial charge in [0.05, 0.1) is 0 Å². The zero-order valence-corrected chi connectivity index (χ0v) is 22.1. The first-order valence-corrected chi connectivity index (χ1v) is 13.9. The van der Waals surface area contributed by atoms with E-state index in [2.05, 4.69) is 95.3 Å². The van der Waals surface area contributed by atoms with E-state index in [1.165, 1.54) is 17.3 Å². The van der Waals surface area contributed by atoms with Gasteiger partial charge < -0.3 is 9.16 Å². The predicted molar refractivity (Wildman–Crippen MR) is 137 cm³/mol. The summed E-state index contributed by atoms with van der Waals surface area (Å²) >= 11 is 0. The molecule has 0 unspecified atom stereocenters. The molecule has 0 aliphatic rings. The number of carbonyl (C=O) groups excluding carboxylic acids is 1. The molecule has 0 amide bonds. The first-order valence-electron chi connectivity index (χ1n) is 12.0. The summed E-state index contributed by atoms with van der Waals surface area (Å²) < 4.78 is 12.4. The molecule has 0 heterocycles. The van der Waals surface area contributed by atoms with Crippen molar-refractivity contribution in [3.8, 4) is 0 Å². The first kappa shape index (κ1) is 26.3. The highest BCUT2D eigenvalue weighted by atomic mass is 28.4. The minimum atomic E-state index is -2.47. The van der Waals surface area contributed by atoms with Gasteiger partial charge in [0.15, 0.2) is 0 Å². The quantitative estimate of drug-likeness (QED) is 0.310. The molecule has 2 aromatic carbocycles. The maximum absolute atomic E-state index is 11.2. The summed E-state index contributed by atoms with van der Waals surface area (Å²) in [6, 6.07) is 21.7. The van der Waals surface area contributed by atoms with Crippen molar-refractivity contribution in [2.45, 2.75) is 78.9 Å². The molecule has 0 saturated heterocycles. The SMILES string of the molecule is CC(=O)O[C@@H](C)[C@@H](C)CCC[C@@H](C)CO[Si](c1ccccc1)(c1ccccc1)C(C)(C)C. The van der Waals surface area contributed by atoms with Gasteiger partial charge in [-0.05, 0) is 47.0 Å². The van der Waals surface area contributed by atoms with Gasteiger partial charge in [0.1, 0.15) is 6.10 Å². The van der Waals surface area contributed by atoms with E-state index in [9.17, 15) is 4.79 Å². The van der Waals surface area contributed by atoms with Crippen molar-refractivity contribution in [1.82, 2.24) is 0 Å². The minimum Gasteiger partial charge on any atom is -0.463 e. The lowest BCUT2D eigenvalue weighted by atomic mass is 9.96. The van der Waals surface area contributed by atoms with E-state index < -0.39 is 8.32 Å². The Bertz CT molecular complexity index is 774. The zero-order valence-electron chi connectivity index (χ0n) is 21.1. The zero-order chi connectivity index (χ0) is 23.8. The summed E-state index contributed by atoms with van der Waals surface area (Å²) in [6.07, 6.45) is 3.24. The van der Waals surface area contributed by atoms with Gasteiger partial charge in [0.25, 0.3) is 8.32 Å². The molecule has 0 saturated carbocycles. The number of rotatable bonds is 11. The molecule has 2 rings (SSSR count). The van der Waals surface area contributed by atoms with Gasteiger partial charge in [-0.25, -0.2) is 0 Å². The molecule has 4 heteroatoms. The van der Waals surface area contributed by atoms with Crippen molar-refractivity contribution >= 4 is 24.7 Å². The number of carbonyl (C=O) groups is 1. The molecule has 0 spiro atoms. The standard InChI is InChI=1S/C28H42O3Si/c1-22(15-14-16-23(2)24(3)31-25(4)29)21-30-32(28(5,6)7,26-17-10-8-11-18-26)27-19-12-9-13-20-27/h8-13,17-20,22-24H,14-16,21H2,1-7H3/t22-,23+,24+/m1/s1. The largest absolute Gasteiger partial charge is 0.463 e. The number of benzene rings is 2. The van der Waals surface area contributed by atoms with Crippen LogP contribution in [0.2, 0.25) is 5.04 Å². The van der Waals surface area contributed by atoms with Crippen molar-refractivity contribution in [2.75, 3.05) is 6.61 Å². The fourth-order valence-electron chi connectivity index (χ4n) is 4.51. The van der Waals surface area contributed by atoms with Gasteiger partial charge in [-0.15, -0.1) is 0 Å². The minimum absolute atomic E-state index is 0.00337. The van der Waals surface area contributed by atoms with Crippen LogP contribution < -0.4 is 10.4 Å². The topological polar surface area (TPSA) is 35.5 Å². The number of ether oxygens (including phenoxy) is 1. The van der Waals surface area contributed by atoms with Crippen molar-refractivity contribution in [1.29, 1.82) is 0 Å². The van der Waals surface area contributed by atoms with Crippen molar-refractivity contribution in [3.63, 3.8) is 0 Å². The van der Waals surface area contributed by atoms with Gasteiger partial charge in [0, 0.05) is 13.5 Å². The molecule has 176 valence electrons. The molecule has 0 fully saturated rings. The van der Waals surface area contributed by atoms with Crippen molar-refractivity contribution in [3.05, 3.63) is 60.7 Å². The third-order valence-electron chi connectivity index (χ3n) is 6.51. The predicted octanol–water partition coefficient (Wildman–Crippen LogP) is 5.96. The molecule has 3 atom stereocenters. The third kappa shape index (κ3) is 6.79. The summed E-state index contributed by atoms with van der Waals surface area (Å²) in [5.74, 6) is 0.632. The van der Waals surface area contributed by atoms with E-state index >= 15 is 0 Å². The highest BCUT2D eigenvalue weighted by molar-refractivity contribution is 6.99. The van der Waals surface area contributed by atoms with E-state index in [1.807, 2.05) is 6.92 Å². The van der Waals surface area contributed by atoms with E-state index in [1.54, 1.807) is 0 Å². The van der Waals surface area contributed by atoms with Crippen molar-refractivity contribution in [2.24, 2.45) is 11.8 Å². The van der Waals surface area contributed by atoms with Crippen LogP contribution in [0.1, 0.15) is 67.7 Å². The summed E-state index contributed by atoms with van der Waals surface area (Å²) in [5, 5.41) is 2.66. The fourth-order valence-corrected chi connectivity index (χ4v) is 9.20. The number of hydrogen-bond acceptors (Lipinski definition) is 3. The van der Waals surface area contributed by atoms with E-state index in [4.69, 9.17) is 9.16 Å². The normalized spacial score (nSPS) is 15.1. The van der Waals surface area contributed by atoms with Crippen LogP contribution in [0, 0.1) is 11.8 Å². The summed E-state index contributed by atoms with van der Waals surface area (Å²) in [4.78, 5) is 11.2. The number of esters is 1. The van der Waals surface area contributed by atoms with Gasteiger partial charge in [-0.2, -0.15) is 0 Å². The molecule has 0 aliphatic heterocycles. The second kappa shape index (κ2) is 11.8. The molecular formula is C28H42O3Si. The second-order valence-electron chi connectivity index (χ2n) is 10.3.